The van der Waals surface area contributed by atoms with E-state index in [1.807, 2.05) is 24.4 Å². The van der Waals surface area contributed by atoms with Crippen LogP contribution in [0.15, 0.2) is 36.5 Å². The maximum atomic E-state index is 5.75. The molecule has 5 nitrogen and oxygen atoms in total. The Bertz CT molecular complexity index is 567. The number of morpholine rings is 1. The summed E-state index contributed by atoms with van der Waals surface area (Å²) in [4.78, 5) is 10.8. The molecule has 1 aliphatic heterocycles. The van der Waals surface area contributed by atoms with Crippen LogP contribution in [-0.2, 0) is 11.2 Å². The standard InChI is InChI=1S/C15H18N4O/c16-15-17-11-13(10-12-4-2-1-3-5-12)14(18-15)19-6-8-20-9-7-19/h1-5,11H,6-10H2,(H2,16,17,18). The van der Waals surface area contributed by atoms with Gasteiger partial charge in [0, 0.05) is 31.3 Å². The molecule has 0 unspecified atom stereocenters. The minimum absolute atomic E-state index is 0.323. The van der Waals surface area contributed by atoms with Gasteiger partial charge in [-0.25, -0.2) is 4.98 Å². The average Bonchev–Trinajstić information content (AvgIpc) is 2.51. The molecule has 0 amide bonds. The van der Waals surface area contributed by atoms with Crippen molar-refractivity contribution in [3.8, 4) is 0 Å². The van der Waals surface area contributed by atoms with E-state index in [0.29, 0.717) is 5.95 Å². The summed E-state index contributed by atoms with van der Waals surface area (Å²) in [6.07, 6.45) is 2.65. The predicted molar refractivity (Wildman–Crippen MR) is 78.7 cm³/mol. The summed E-state index contributed by atoms with van der Waals surface area (Å²) in [5, 5.41) is 0. The first-order valence-corrected chi connectivity index (χ1v) is 6.81. The van der Waals surface area contributed by atoms with Crippen molar-refractivity contribution in [3.63, 3.8) is 0 Å². The summed E-state index contributed by atoms with van der Waals surface area (Å²) in [6, 6.07) is 10.3. The molecule has 2 N–H and O–H groups in total. The third-order valence-electron chi connectivity index (χ3n) is 3.41. The molecule has 0 bridgehead atoms. The molecule has 1 aromatic heterocycles. The van der Waals surface area contributed by atoms with Crippen molar-refractivity contribution in [2.75, 3.05) is 36.9 Å². The summed E-state index contributed by atoms with van der Waals surface area (Å²) in [5.74, 6) is 1.26. The van der Waals surface area contributed by atoms with Gasteiger partial charge >= 0.3 is 0 Å². The molecule has 2 heterocycles. The van der Waals surface area contributed by atoms with Crippen molar-refractivity contribution in [2.45, 2.75) is 6.42 Å². The number of ether oxygens (including phenoxy) is 1. The number of hydrogen-bond donors (Lipinski definition) is 1. The number of hydrogen-bond acceptors (Lipinski definition) is 5. The van der Waals surface area contributed by atoms with Gasteiger partial charge in [-0.3, -0.25) is 0 Å². The van der Waals surface area contributed by atoms with Crippen molar-refractivity contribution in [1.29, 1.82) is 0 Å². The largest absolute Gasteiger partial charge is 0.378 e. The van der Waals surface area contributed by atoms with E-state index in [2.05, 4.69) is 27.0 Å². The van der Waals surface area contributed by atoms with Crippen LogP contribution in [0.25, 0.3) is 0 Å². The number of nitrogen functional groups attached to an aromatic ring is 1. The van der Waals surface area contributed by atoms with Crippen LogP contribution in [0.5, 0.6) is 0 Å². The topological polar surface area (TPSA) is 64.3 Å². The molecular weight excluding hydrogens is 252 g/mol. The fraction of sp³-hybridized carbons (Fsp3) is 0.333. The normalized spacial score (nSPS) is 15.3. The molecule has 0 radical (unpaired) electrons. The van der Waals surface area contributed by atoms with E-state index in [4.69, 9.17) is 10.5 Å². The fourth-order valence-electron chi connectivity index (χ4n) is 2.40. The predicted octanol–water partition coefficient (Wildman–Crippen LogP) is 1.49. The van der Waals surface area contributed by atoms with E-state index >= 15 is 0 Å². The lowest BCUT2D eigenvalue weighted by molar-refractivity contribution is 0.122. The van der Waals surface area contributed by atoms with Crippen LogP contribution in [0.3, 0.4) is 0 Å². The minimum atomic E-state index is 0.323. The maximum Gasteiger partial charge on any atom is 0.221 e. The Morgan fingerprint density at radius 1 is 1.15 bits per heavy atom. The number of anilines is 2. The Balaban J connectivity index is 1.89. The number of nitrogens with two attached hydrogens (primary N) is 1. The number of benzene rings is 1. The lowest BCUT2D eigenvalue weighted by Crippen LogP contribution is -2.37. The number of nitrogens with zero attached hydrogens (tertiary/aromatic N) is 3. The van der Waals surface area contributed by atoms with Gasteiger partial charge in [0.15, 0.2) is 0 Å². The second-order valence-corrected chi connectivity index (χ2v) is 4.84. The molecule has 1 fully saturated rings. The molecule has 1 aliphatic rings. The molecule has 0 spiro atoms. The molecule has 0 saturated carbocycles. The van der Waals surface area contributed by atoms with Gasteiger partial charge in [0.1, 0.15) is 5.82 Å². The van der Waals surface area contributed by atoms with Crippen molar-refractivity contribution >= 4 is 11.8 Å². The highest BCUT2D eigenvalue weighted by Gasteiger charge is 2.17. The molecule has 5 heteroatoms. The van der Waals surface area contributed by atoms with Crippen LogP contribution in [0.1, 0.15) is 11.1 Å². The van der Waals surface area contributed by atoms with Crippen LogP contribution in [0.2, 0.25) is 0 Å². The van der Waals surface area contributed by atoms with Crippen LogP contribution >= 0.6 is 0 Å². The average molecular weight is 270 g/mol. The maximum absolute atomic E-state index is 5.75. The van der Waals surface area contributed by atoms with Gasteiger partial charge in [0.2, 0.25) is 5.95 Å². The smallest absolute Gasteiger partial charge is 0.221 e. The molecule has 2 aromatic rings. The monoisotopic (exact) mass is 270 g/mol. The van der Waals surface area contributed by atoms with Crippen LogP contribution in [-0.4, -0.2) is 36.3 Å². The first-order chi connectivity index (χ1) is 9.83. The zero-order chi connectivity index (χ0) is 13.8. The zero-order valence-corrected chi connectivity index (χ0v) is 11.3. The fourth-order valence-corrected chi connectivity index (χ4v) is 2.40. The van der Waals surface area contributed by atoms with Gasteiger partial charge in [-0.2, -0.15) is 4.98 Å². The van der Waals surface area contributed by atoms with Gasteiger partial charge in [0.25, 0.3) is 0 Å². The van der Waals surface area contributed by atoms with E-state index in [9.17, 15) is 0 Å². The van der Waals surface area contributed by atoms with E-state index in [-0.39, 0.29) is 0 Å². The summed E-state index contributed by atoms with van der Waals surface area (Å²) in [7, 11) is 0. The van der Waals surface area contributed by atoms with Crippen LogP contribution in [0.4, 0.5) is 11.8 Å². The zero-order valence-electron chi connectivity index (χ0n) is 11.3. The quantitative estimate of drug-likeness (QED) is 0.915. The van der Waals surface area contributed by atoms with Gasteiger partial charge in [-0.05, 0) is 5.56 Å². The van der Waals surface area contributed by atoms with Crippen molar-refractivity contribution in [3.05, 3.63) is 47.7 Å². The van der Waals surface area contributed by atoms with Gasteiger partial charge in [0.05, 0.1) is 13.2 Å². The van der Waals surface area contributed by atoms with E-state index in [1.54, 1.807) is 0 Å². The lowest BCUT2D eigenvalue weighted by atomic mass is 10.1. The molecule has 0 atom stereocenters. The molecule has 1 aromatic carbocycles. The first kappa shape index (κ1) is 12.9. The van der Waals surface area contributed by atoms with Crippen LogP contribution < -0.4 is 10.6 Å². The number of aromatic nitrogens is 2. The molecule has 0 aliphatic carbocycles. The summed E-state index contributed by atoms with van der Waals surface area (Å²) in [5.41, 5.74) is 8.10. The Morgan fingerprint density at radius 2 is 1.90 bits per heavy atom. The Hall–Kier alpha value is -2.14. The van der Waals surface area contributed by atoms with Gasteiger partial charge in [-0.1, -0.05) is 30.3 Å². The molecule has 1 saturated heterocycles. The van der Waals surface area contributed by atoms with Gasteiger partial charge in [-0.15, -0.1) is 0 Å². The second-order valence-electron chi connectivity index (χ2n) is 4.84. The van der Waals surface area contributed by atoms with Crippen molar-refractivity contribution in [1.82, 2.24) is 9.97 Å². The van der Waals surface area contributed by atoms with Crippen molar-refractivity contribution < 1.29 is 4.74 Å². The SMILES string of the molecule is Nc1ncc(Cc2ccccc2)c(N2CCOCC2)n1. The molecule has 20 heavy (non-hydrogen) atoms. The summed E-state index contributed by atoms with van der Waals surface area (Å²) in [6.45, 7) is 3.15. The van der Waals surface area contributed by atoms with E-state index in [0.717, 1.165) is 44.1 Å². The van der Waals surface area contributed by atoms with E-state index < -0.39 is 0 Å². The third-order valence-corrected chi connectivity index (χ3v) is 3.41. The Morgan fingerprint density at radius 3 is 2.65 bits per heavy atom. The second kappa shape index (κ2) is 5.88. The Labute approximate surface area is 118 Å². The molecular formula is C15H18N4O. The Kier molecular flexibility index (Phi) is 3.78. The molecule has 104 valence electrons. The lowest BCUT2D eigenvalue weighted by Gasteiger charge is -2.29. The van der Waals surface area contributed by atoms with Crippen molar-refractivity contribution in [2.24, 2.45) is 0 Å². The minimum Gasteiger partial charge on any atom is -0.378 e. The first-order valence-electron chi connectivity index (χ1n) is 6.81. The third kappa shape index (κ3) is 2.88. The summed E-state index contributed by atoms with van der Waals surface area (Å²) >= 11 is 0. The highest BCUT2D eigenvalue weighted by molar-refractivity contribution is 5.50. The van der Waals surface area contributed by atoms with E-state index in [1.165, 1.54) is 5.56 Å². The highest BCUT2D eigenvalue weighted by atomic mass is 16.5. The van der Waals surface area contributed by atoms with Crippen LogP contribution in [0, 0.1) is 0 Å². The molecule has 3 rings (SSSR count). The number of rotatable bonds is 3. The van der Waals surface area contributed by atoms with Gasteiger partial charge < -0.3 is 15.4 Å². The highest BCUT2D eigenvalue weighted by Crippen LogP contribution is 2.22. The summed E-state index contributed by atoms with van der Waals surface area (Å²) < 4.78 is 5.39.